The molecule has 2 aliphatic rings. The van der Waals surface area contributed by atoms with Gasteiger partial charge in [0.15, 0.2) is 0 Å². The minimum Gasteiger partial charge on any atom is -0.343 e. The van der Waals surface area contributed by atoms with Crippen LogP contribution in [0.5, 0.6) is 0 Å². The first-order valence-corrected chi connectivity index (χ1v) is 7.87. The highest BCUT2D eigenvalue weighted by Crippen LogP contribution is 2.35. The average molecular weight is 266 g/mol. The summed E-state index contributed by atoms with van der Waals surface area (Å²) in [5.41, 5.74) is 6.49. The molecule has 0 aromatic carbocycles. The van der Waals surface area contributed by atoms with E-state index >= 15 is 0 Å². The fourth-order valence-corrected chi connectivity index (χ4v) is 3.66. The first-order chi connectivity index (χ1) is 8.80. The molecule has 1 amide bonds. The van der Waals surface area contributed by atoms with Gasteiger partial charge < -0.3 is 10.6 Å². The lowest BCUT2D eigenvalue weighted by Gasteiger charge is -2.39. The highest BCUT2D eigenvalue weighted by Gasteiger charge is 2.35. The summed E-state index contributed by atoms with van der Waals surface area (Å²) < 4.78 is 0. The van der Waals surface area contributed by atoms with Crippen molar-refractivity contribution in [2.75, 3.05) is 13.1 Å². The third kappa shape index (κ3) is 3.71. The lowest BCUT2D eigenvalue weighted by molar-refractivity contribution is -0.134. The van der Waals surface area contributed by atoms with Gasteiger partial charge in [0, 0.05) is 25.0 Å². The number of carbonyl (C=O) groups is 1. The molecular formula is C16H30N2O. The van der Waals surface area contributed by atoms with E-state index in [1.807, 2.05) is 0 Å². The molecule has 0 bridgehead atoms. The number of hydrogen-bond donors (Lipinski definition) is 1. The Kier molecular flexibility index (Phi) is 4.24. The minimum absolute atomic E-state index is 0.196. The summed E-state index contributed by atoms with van der Waals surface area (Å²) in [6, 6.07) is 0. The van der Waals surface area contributed by atoms with Crippen molar-refractivity contribution in [3.63, 3.8) is 0 Å². The molecule has 0 spiro atoms. The average Bonchev–Trinajstić information content (AvgIpc) is 2.75. The Morgan fingerprint density at radius 2 is 1.74 bits per heavy atom. The maximum absolute atomic E-state index is 12.4. The Bertz CT molecular complexity index is 318. The SMILES string of the molecule is CC(C)(C)C1CCN(C(=O)CC2(N)CCCC2)CC1. The van der Waals surface area contributed by atoms with Crippen LogP contribution in [0.3, 0.4) is 0 Å². The molecule has 0 aromatic heterocycles. The Morgan fingerprint density at radius 3 is 2.21 bits per heavy atom. The van der Waals surface area contributed by atoms with Gasteiger partial charge in [-0.25, -0.2) is 0 Å². The monoisotopic (exact) mass is 266 g/mol. The van der Waals surface area contributed by atoms with Gasteiger partial charge in [-0.3, -0.25) is 4.79 Å². The quantitative estimate of drug-likeness (QED) is 0.835. The van der Waals surface area contributed by atoms with Crippen molar-refractivity contribution in [1.82, 2.24) is 4.90 Å². The van der Waals surface area contributed by atoms with E-state index in [0.717, 1.165) is 44.7 Å². The largest absolute Gasteiger partial charge is 0.343 e. The number of amides is 1. The van der Waals surface area contributed by atoms with E-state index in [4.69, 9.17) is 5.73 Å². The van der Waals surface area contributed by atoms with Crippen molar-refractivity contribution < 1.29 is 4.79 Å². The molecule has 2 rings (SSSR count). The summed E-state index contributed by atoms with van der Waals surface area (Å²) in [7, 11) is 0. The summed E-state index contributed by atoms with van der Waals surface area (Å²) in [5.74, 6) is 1.03. The molecule has 0 unspecified atom stereocenters. The number of nitrogens with zero attached hydrogens (tertiary/aromatic N) is 1. The Balaban J connectivity index is 1.82. The van der Waals surface area contributed by atoms with Gasteiger partial charge in [0.25, 0.3) is 0 Å². The summed E-state index contributed by atoms with van der Waals surface area (Å²) in [6.07, 6.45) is 7.28. The van der Waals surface area contributed by atoms with Crippen LogP contribution in [-0.2, 0) is 4.79 Å². The van der Waals surface area contributed by atoms with Crippen molar-refractivity contribution in [3.05, 3.63) is 0 Å². The van der Waals surface area contributed by atoms with Crippen LogP contribution < -0.4 is 5.73 Å². The van der Waals surface area contributed by atoms with Gasteiger partial charge in [0.1, 0.15) is 0 Å². The lowest BCUT2D eigenvalue weighted by Crippen LogP contribution is -2.47. The maximum atomic E-state index is 12.4. The van der Waals surface area contributed by atoms with Crippen LogP contribution in [0.2, 0.25) is 0 Å². The molecule has 1 saturated carbocycles. The van der Waals surface area contributed by atoms with E-state index < -0.39 is 0 Å². The molecule has 1 saturated heterocycles. The zero-order valence-electron chi connectivity index (χ0n) is 12.9. The smallest absolute Gasteiger partial charge is 0.224 e. The Morgan fingerprint density at radius 1 is 1.21 bits per heavy atom. The molecule has 3 heteroatoms. The van der Waals surface area contributed by atoms with Crippen LogP contribution in [0.25, 0.3) is 0 Å². The van der Waals surface area contributed by atoms with Gasteiger partial charge in [-0.05, 0) is 37.0 Å². The van der Waals surface area contributed by atoms with Gasteiger partial charge in [-0.1, -0.05) is 33.6 Å². The first kappa shape index (κ1) is 14.8. The number of rotatable bonds is 2. The maximum Gasteiger partial charge on any atom is 0.224 e. The minimum atomic E-state index is -0.196. The normalized spacial score (nSPS) is 24.7. The predicted octanol–water partition coefficient (Wildman–Crippen LogP) is 2.93. The zero-order valence-corrected chi connectivity index (χ0v) is 12.9. The Hall–Kier alpha value is -0.570. The molecule has 1 aliphatic heterocycles. The van der Waals surface area contributed by atoms with Gasteiger partial charge in [0.05, 0.1) is 0 Å². The second kappa shape index (κ2) is 5.43. The summed E-state index contributed by atoms with van der Waals surface area (Å²) in [5, 5.41) is 0. The van der Waals surface area contributed by atoms with Crippen LogP contribution in [0.1, 0.15) is 65.7 Å². The molecule has 19 heavy (non-hydrogen) atoms. The van der Waals surface area contributed by atoms with Gasteiger partial charge in [-0.15, -0.1) is 0 Å². The van der Waals surface area contributed by atoms with E-state index in [0.29, 0.717) is 11.8 Å². The highest BCUT2D eigenvalue weighted by molar-refractivity contribution is 5.77. The van der Waals surface area contributed by atoms with E-state index in [2.05, 4.69) is 25.7 Å². The van der Waals surface area contributed by atoms with Gasteiger partial charge in [0.2, 0.25) is 5.91 Å². The van der Waals surface area contributed by atoms with Crippen molar-refractivity contribution in [3.8, 4) is 0 Å². The van der Waals surface area contributed by atoms with Crippen LogP contribution in [0, 0.1) is 11.3 Å². The van der Waals surface area contributed by atoms with E-state index in [9.17, 15) is 4.79 Å². The number of carbonyl (C=O) groups excluding carboxylic acids is 1. The summed E-state index contributed by atoms with van der Waals surface area (Å²) >= 11 is 0. The van der Waals surface area contributed by atoms with Gasteiger partial charge in [-0.2, -0.15) is 0 Å². The standard InChI is InChI=1S/C16H30N2O/c1-15(2,3)13-6-10-18(11-7-13)14(19)12-16(17)8-4-5-9-16/h13H,4-12,17H2,1-3H3. The lowest BCUT2D eigenvalue weighted by atomic mass is 9.75. The molecule has 0 aromatic rings. The molecule has 2 N–H and O–H groups in total. The molecule has 0 radical (unpaired) electrons. The number of piperidine rings is 1. The summed E-state index contributed by atoms with van der Waals surface area (Å²) in [6.45, 7) is 8.78. The topological polar surface area (TPSA) is 46.3 Å². The van der Waals surface area contributed by atoms with Crippen molar-refractivity contribution in [1.29, 1.82) is 0 Å². The Labute approximate surface area is 117 Å². The van der Waals surface area contributed by atoms with E-state index in [1.165, 1.54) is 12.8 Å². The molecule has 110 valence electrons. The number of nitrogens with two attached hydrogens (primary N) is 1. The fraction of sp³-hybridized carbons (Fsp3) is 0.938. The van der Waals surface area contributed by atoms with Crippen molar-refractivity contribution in [2.45, 2.75) is 71.3 Å². The van der Waals surface area contributed by atoms with E-state index in [1.54, 1.807) is 0 Å². The molecule has 0 atom stereocenters. The van der Waals surface area contributed by atoms with Gasteiger partial charge >= 0.3 is 0 Å². The summed E-state index contributed by atoms with van der Waals surface area (Å²) in [4.78, 5) is 14.4. The van der Waals surface area contributed by atoms with Crippen molar-refractivity contribution in [2.24, 2.45) is 17.1 Å². The zero-order chi connectivity index (χ0) is 14.1. The van der Waals surface area contributed by atoms with E-state index in [-0.39, 0.29) is 11.4 Å². The second-order valence-corrected chi connectivity index (χ2v) is 7.77. The first-order valence-electron chi connectivity index (χ1n) is 7.87. The number of likely N-dealkylation sites (tertiary alicyclic amines) is 1. The highest BCUT2D eigenvalue weighted by atomic mass is 16.2. The predicted molar refractivity (Wildman–Crippen MR) is 78.8 cm³/mol. The van der Waals surface area contributed by atoms with Crippen LogP contribution in [0.15, 0.2) is 0 Å². The number of hydrogen-bond acceptors (Lipinski definition) is 2. The van der Waals surface area contributed by atoms with Crippen LogP contribution >= 0.6 is 0 Å². The van der Waals surface area contributed by atoms with Crippen molar-refractivity contribution >= 4 is 5.91 Å². The molecule has 1 heterocycles. The molecule has 2 fully saturated rings. The molecule has 3 nitrogen and oxygen atoms in total. The third-order valence-electron chi connectivity index (χ3n) is 5.18. The second-order valence-electron chi connectivity index (χ2n) is 7.77. The molecular weight excluding hydrogens is 236 g/mol. The van der Waals surface area contributed by atoms with Crippen LogP contribution in [0.4, 0.5) is 0 Å². The molecule has 1 aliphatic carbocycles. The third-order valence-corrected chi connectivity index (χ3v) is 5.18. The fourth-order valence-electron chi connectivity index (χ4n) is 3.66. The van der Waals surface area contributed by atoms with Crippen LogP contribution in [-0.4, -0.2) is 29.4 Å².